The molecule has 15 heavy (non-hydrogen) atoms. The molecule has 4 nitrogen and oxygen atoms in total. The topological polar surface area (TPSA) is 52.4 Å². The molecule has 0 aromatic heterocycles. The van der Waals surface area contributed by atoms with E-state index in [2.05, 4.69) is 13.8 Å². The number of para-hydroxylation sites is 2. The van der Waals surface area contributed by atoms with E-state index in [4.69, 9.17) is 4.74 Å². The predicted molar refractivity (Wildman–Crippen MR) is 58.0 cm³/mol. The molecule has 0 saturated heterocycles. The van der Waals surface area contributed by atoms with Crippen molar-refractivity contribution in [2.45, 2.75) is 20.3 Å². The van der Waals surface area contributed by atoms with Gasteiger partial charge in [-0.15, -0.1) is 0 Å². The molecule has 0 fully saturated rings. The monoisotopic (exact) mass is 209 g/mol. The molecule has 1 atom stereocenters. The number of rotatable bonds is 5. The van der Waals surface area contributed by atoms with Gasteiger partial charge in [0.2, 0.25) is 0 Å². The third-order valence-corrected chi connectivity index (χ3v) is 2.28. The zero-order chi connectivity index (χ0) is 11.3. The predicted octanol–water partition coefficient (Wildman–Crippen LogP) is 3.02. The number of nitro groups is 1. The van der Waals surface area contributed by atoms with E-state index < -0.39 is 4.92 Å². The molecule has 0 bridgehead atoms. The molecule has 0 heterocycles. The van der Waals surface area contributed by atoms with Crippen LogP contribution in [0, 0.1) is 16.0 Å². The molecule has 1 aromatic rings. The van der Waals surface area contributed by atoms with E-state index in [9.17, 15) is 10.1 Å². The summed E-state index contributed by atoms with van der Waals surface area (Å²) < 4.78 is 5.41. The molecule has 0 unspecified atom stereocenters. The maximum Gasteiger partial charge on any atom is 0.310 e. The highest BCUT2D eigenvalue weighted by Gasteiger charge is 2.13. The average Bonchev–Trinajstić information content (AvgIpc) is 2.26. The summed E-state index contributed by atoms with van der Waals surface area (Å²) in [6.07, 6.45) is 1.00. The van der Waals surface area contributed by atoms with Crippen LogP contribution in [-0.2, 0) is 0 Å². The molecule has 0 spiro atoms. The highest BCUT2D eigenvalue weighted by Crippen LogP contribution is 2.26. The molecule has 82 valence electrons. The maximum absolute atomic E-state index is 10.7. The normalized spacial score (nSPS) is 12.1. The molecule has 4 heteroatoms. The first kappa shape index (κ1) is 11.5. The number of benzene rings is 1. The van der Waals surface area contributed by atoms with Crippen molar-refractivity contribution in [1.82, 2.24) is 0 Å². The van der Waals surface area contributed by atoms with Gasteiger partial charge < -0.3 is 4.74 Å². The van der Waals surface area contributed by atoms with Crippen LogP contribution in [0.1, 0.15) is 20.3 Å². The van der Waals surface area contributed by atoms with Gasteiger partial charge in [-0.05, 0) is 12.0 Å². The van der Waals surface area contributed by atoms with Gasteiger partial charge in [0.25, 0.3) is 0 Å². The third kappa shape index (κ3) is 3.23. The lowest BCUT2D eigenvalue weighted by Crippen LogP contribution is -2.08. The Hall–Kier alpha value is -1.58. The minimum absolute atomic E-state index is 0.0285. The van der Waals surface area contributed by atoms with Crippen LogP contribution in [-0.4, -0.2) is 11.5 Å². The van der Waals surface area contributed by atoms with E-state index in [-0.39, 0.29) is 5.69 Å². The Morgan fingerprint density at radius 1 is 1.47 bits per heavy atom. The van der Waals surface area contributed by atoms with Crippen molar-refractivity contribution < 1.29 is 9.66 Å². The van der Waals surface area contributed by atoms with E-state index in [0.29, 0.717) is 18.3 Å². The van der Waals surface area contributed by atoms with Crippen molar-refractivity contribution in [3.8, 4) is 5.75 Å². The SMILES string of the molecule is CC[C@H](C)COc1ccccc1[N+](=O)[O-]. The van der Waals surface area contributed by atoms with Crippen molar-refractivity contribution in [3.05, 3.63) is 34.4 Å². The second-order valence-corrected chi connectivity index (χ2v) is 3.55. The fraction of sp³-hybridized carbons (Fsp3) is 0.455. The van der Waals surface area contributed by atoms with E-state index >= 15 is 0 Å². The van der Waals surface area contributed by atoms with Crippen molar-refractivity contribution in [3.63, 3.8) is 0 Å². The van der Waals surface area contributed by atoms with Crippen LogP contribution in [0.2, 0.25) is 0 Å². The van der Waals surface area contributed by atoms with Crippen molar-refractivity contribution in [2.24, 2.45) is 5.92 Å². The Bertz CT molecular complexity index is 338. The fourth-order valence-corrected chi connectivity index (χ4v) is 1.08. The molecule has 0 amide bonds. The van der Waals surface area contributed by atoms with Gasteiger partial charge in [0.1, 0.15) is 0 Å². The molecule has 0 aliphatic heterocycles. The van der Waals surface area contributed by atoms with Gasteiger partial charge in [0.05, 0.1) is 11.5 Å². The summed E-state index contributed by atoms with van der Waals surface area (Å²) in [4.78, 5) is 10.2. The van der Waals surface area contributed by atoms with Gasteiger partial charge in [-0.25, -0.2) is 0 Å². The molecule has 0 aliphatic rings. The zero-order valence-corrected chi connectivity index (χ0v) is 8.97. The molecule has 1 rings (SSSR count). The Balaban J connectivity index is 2.72. The Morgan fingerprint density at radius 2 is 2.13 bits per heavy atom. The van der Waals surface area contributed by atoms with Gasteiger partial charge in [0.15, 0.2) is 5.75 Å². The Kier molecular flexibility index (Phi) is 4.09. The number of nitro benzene ring substituents is 1. The molecule has 1 aromatic carbocycles. The lowest BCUT2D eigenvalue weighted by Gasteiger charge is -2.10. The van der Waals surface area contributed by atoms with Crippen LogP contribution in [0.15, 0.2) is 24.3 Å². The smallest absolute Gasteiger partial charge is 0.310 e. The van der Waals surface area contributed by atoms with Crippen LogP contribution in [0.3, 0.4) is 0 Å². The summed E-state index contributed by atoms with van der Waals surface area (Å²) >= 11 is 0. The first-order valence-electron chi connectivity index (χ1n) is 5.01. The second-order valence-electron chi connectivity index (χ2n) is 3.55. The van der Waals surface area contributed by atoms with Crippen molar-refractivity contribution in [2.75, 3.05) is 6.61 Å². The minimum atomic E-state index is -0.425. The molecule has 0 N–H and O–H groups in total. The minimum Gasteiger partial charge on any atom is -0.487 e. The molecule has 0 radical (unpaired) electrons. The summed E-state index contributed by atoms with van der Waals surface area (Å²) in [6, 6.07) is 6.44. The number of nitrogens with zero attached hydrogens (tertiary/aromatic N) is 1. The molecule has 0 saturated carbocycles. The summed E-state index contributed by atoms with van der Waals surface area (Å²) in [5, 5.41) is 10.7. The van der Waals surface area contributed by atoms with E-state index in [1.807, 2.05) is 0 Å². The van der Waals surface area contributed by atoms with Crippen molar-refractivity contribution >= 4 is 5.69 Å². The lowest BCUT2D eigenvalue weighted by molar-refractivity contribution is -0.385. The summed E-state index contributed by atoms with van der Waals surface area (Å²) in [5.74, 6) is 0.757. The molecular weight excluding hydrogens is 194 g/mol. The van der Waals surface area contributed by atoms with Gasteiger partial charge in [-0.3, -0.25) is 10.1 Å². The number of hydrogen-bond donors (Lipinski definition) is 0. The highest BCUT2D eigenvalue weighted by molar-refractivity contribution is 5.45. The van der Waals surface area contributed by atoms with Crippen LogP contribution < -0.4 is 4.74 Å². The largest absolute Gasteiger partial charge is 0.487 e. The highest BCUT2D eigenvalue weighted by atomic mass is 16.6. The van der Waals surface area contributed by atoms with E-state index in [1.54, 1.807) is 18.2 Å². The zero-order valence-electron chi connectivity index (χ0n) is 8.97. The first-order chi connectivity index (χ1) is 7.15. The molecule has 0 aliphatic carbocycles. The quantitative estimate of drug-likeness (QED) is 0.553. The standard InChI is InChI=1S/C11H15NO3/c1-3-9(2)8-15-11-7-5-4-6-10(11)12(13)14/h4-7,9H,3,8H2,1-2H3/t9-/m0/s1. The van der Waals surface area contributed by atoms with E-state index in [0.717, 1.165) is 6.42 Å². The average molecular weight is 209 g/mol. The Labute approximate surface area is 89.0 Å². The van der Waals surface area contributed by atoms with Crippen molar-refractivity contribution in [1.29, 1.82) is 0 Å². The maximum atomic E-state index is 10.7. The van der Waals surface area contributed by atoms with Gasteiger partial charge in [0, 0.05) is 6.07 Å². The van der Waals surface area contributed by atoms with Crippen LogP contribution in [0.5, 0.6) is 5.75 Å². The number of ether oxygens (including phenoxy) is 1. The lowest BCUT2D eigenvalue weighted by atomic mass is 10.1. The van der Waals surface area contributed by atoms with E-state index in [1.165, 1.54) is 6.07 Å². The number of hydrogen-bond acceptors (Lipinski definition) is 3. The Morgan fingerprint density at radius 3 is 2.73 bits per heavy atom. The summed E-state index contributed by atoms with van der Waals surface area (Å²) in [5.41, 5.74) is 0.0285. The van der Waals surface area contributed by atoms with Gasteiger partial charge in [-0.1, -0.05) is 32.4 Å². The van der Waals surface area contributed by atoms with Gasteiger partial charge >= 0.3 is 5.69 Å². The van der Waals surface area contributed by atoms with Crippen LogP contribution >= 0.6 is 0 Å². The van der Waals surface area contributed by atoms with Gasteiger partial charge in [-0.2, -0.15) is 0 Å². The first-order valence-corrected chi connectivity index (χ1v) is 5.01. The van der Waals surface area contributed by atoms with Crippen LogP contribution in [0.25, 0.3) is 0 Å². The fourth-order valence-electron chi connectivity index (χ4n) is 1.08. The summed E-state index contributed by atoms with van der Waals surface area (Å²) in [7, 11) is 0. The molecular formula is C11H15NO3. The van der Waals surface area contributed by atoms with Crippen LogP contribution in [0.4, 0.5) is 5.69 Å². The third-order valence-electron chi connectivity index (χ3n) is 2.28. The summed E-state index contributed by atoms with van der Waals surface area (Å²) in [6.45, 7) is 4.63. The second kappa shape index (κ2) is 5.34.